The Morgan fingerprint density at radius 3 is 2.79 bits per heavy atom. The minimum atomic E-state index is -2.43. The Kier molecular flexibility index (Phi) is 4.74. The molecule has 0 aromatic carbocycles. The van der Waals surface area contributed by atoms with E-state index in [1.165, 1.54) is 11.1 Å². The molecule has 8 nitrogen and oxygen atoms in total. The molecule has 0 radical (unpaired) electrons. The van der Waals surface area contributed by atoms with Crippen molar-refractivity contribution in [3.63, 3.8) is 0 Å². The van der Waals surface area contributed by atoms with E-state index in [2.05, 4.69) is 32.4 Å². The van der Waals surface area contributed by atoms with E-state index in [1.54, 1.807) is 23.6 Å². The number of fused-ring (bicyclic) bond motifs is 3. The van der Waals surface area contributed by atoms with Crippen LogP contribution in [0.15, 0.2) is 18.5 Å². The molecule has 0 unspecified atom stereocenters. The fourth-order valence-corrected chi connectivity index (χ4v) is 5.27. The van der Waals surface area contributed by atoms with Crippen molar-refractivity contribution < 1.29 is 13.7 Å². The van der Waals surface area contributed by atoms with E-state index in [9.17, 15) is 9.59 Å². The number of aryl methyl sites for hydroxylation is 2. The molecule has 1 atom stereocenters. The second-order valence-corrected chi connectivity index (χ2v) is 10.1. The first-order valence-corrected chi connectivity index (χ1v) is 12.1. The maximum Gasteiger partial charge on any atom is 0.228 e. The van der Waals surface area contributed by atoms with Gasteiger partial charge >= 0.3 is 0 Å². The first kappa shape index (κ1) is 19.0. The van der Waals surface area contributed by atoms with Crippen molar-refractivity contribution in [3.05, 3.63) is 39.5 Å². The summed E-state index contributed by atoms with van der Waals surface area (Å²) in [5.41, 5.74) is 4.14. The van der Waals surface area contributed by atoms with E-state index < -0.39 is 19.1 Å². The maximum absolute atomic E-state index is 13.0. The number of anilines is 4. The molecular weight excluding hydrogens is 448 g/mol. The lowest BCUT2D eigenvalue weighted by atomic mass is 9.96. The molecule has 2 aliphatic rings. The zero-order chi connectivity index (χ0) is 26.6. The normalized spacial score (nSPS) is 18.3. The number of nitrogens with zero attached hydrogens (tertiary/aromatic N) is 4. The Bertz CT molecular complexity index is 1420. The molecule has 1 fully saturated rings. The predicted molar refractivity (Wildman–Crippen MR) is 135 cm³/mol. The number of carbonyl (C=O) groups excluding carboxylic acids is 2. The van der Waals surface area contributed by atoms with Gasteiger partial charge in [0, 0.05) is 47.5 Å². The van der Waals surface area contributed by atoms with Crippen molar-refractivity contribution >= 4 is 46.0 Å². The highest BCUT2D eigenvalue weighted by Gasteiger charge is 2.33. The lowest BCUT2D eigenvalue weighted by molar-refractivity contribution is -0.117. The predicted octanol–water partition coefficient (Wildman–Crippen LogP) is 5.41. The Morgan fingerprint density at radius 2 is 2.06 bits per heavy atom. The number of hydrogen-bond donors (Lipinski definition) is 2. The molecule has 3 aromatic heterocycles. The lowest BCUT2D eigenvalue weighted by Crippen LogP contribution is -2.27. The molecule has 4 heterocycles. The number of thiazole rings is 1. The molecule has 5 rings (SSSR count). The summed E-state index contributed by atoms with van der Waals surface area (Å²) in [4.78, 5) is 42.3. The van der Waals surface area contributed by atoms with E-state index in [1.807, 2.05) is 20.9 Å². The molecule has 9 heteroatoms. The van der Waals surface area contributed by atoms with Crippen LogP contribution < -0.4 is 15.5 Å². The highest BCUT2D eigenvalue weighted by molar-refractivity contribution is 7.12. The zero-order valence-electron chi connectivity index (χ0n) is 22.5. The second-order valence-electron chi connectivity index (χ2n) is 8.85. The SMILES string of the molecule is [2H]C([2H])([2H])CC(=O)c1cnc(NC(=O)C2CC2)cc1Nc1ncc(C)c2c1N(C)[C@@H](C)c1sc(C)nc1-2. The van der Waals surface area contributed by atoms with E-state index in [-0.39, 0.29) is 29.2 Å². The van der Waals surface area contributed by atoms with Gasteiger partial charge in [0.2, 0.25) is 5.91 Å². The van der Waals surface area contributed by atoms with Crippen LogP contribution >= 0.6 is 11.3 Å². The molecule has 2 N–H and O–H groups in total. The number of rotatable bonds is 6. The fraction of sp³-hybridized carbons (Fsp3) is 0.400. The number of hydrogen-bond acceptors (Lipinski definition) is 8. The van der Waals surface area contributed by atoms with Crippen molar-refractivity contribution in [2.45, 2.75) is 52.9 Å². The maximum atomic E-state index is 13.0. The van der Waals surface area contributed by atoms with Crippen LogP contribution in [-0.4, -0.2) is 33.7 Å². The summed E-state index contributed by atoms with van der Waals surface area (Å²) in [7, 11) is 1.99. The highest BCUT2D eigenvalue weighted by atomic mass is 32.1. The molecular formula is C25H28N6O2S. The van der Waals surface area contributed by atoms with Gasteiger partial charge in [-0.2, -0.15) is 0 Å². The molecule has 1 aliphatic carbocycles. The summed E-state index contributed by atoms with van der Waals surface area (Å²) in [5, 5.41) is 7.04. The van der Waals surface area contributed by atoms with Gasteiger partial charge in [-0.1, -0.05) is 6.85 Å². The van der Waals surface area contributed by atoms with Gasteiger partial charge in [0.05, 0.1) is 38.6 Å². The largest absolute Gasteiger partial charge is 0.363 e. The molecule has 0 saturated heterocycles. The number of aromatic nitrogens is 3. The van der Waals surface area contributed by atoms with Crippen molar-refractivity contribution in [1.29, 1.82) is 0 Å². The Balaban J connectivity index is 1.59. The van der Waals surface area contributed by atoms with Crippen LogP contribution in [0.3, 0.4) is 0 Å². The summed E-state index contributed by atoms with van der Waals surface area (Å²) in [6.07, 6.45) is 4.12. The van der Waals surface area contributed by atoms with E-state index >= 15 is 0 Å². The van der Waals surface area contributed by atoms with Crippen molar-refractivity contribution in [1.82, 2.24) is 15.0 Å². The molecule has 1 aliphatic heterocycles. The summed E-state index contributed by atoms with van der Waals surface area (Å²) in [5.74, 6) is 0.0672. The molecule has 176 valence electrons. The number of amides is 1. The third-order valence-electron chi connectivity index (χ3n) is 6.37. The van der Waals surface area contributed by atoms with Gasteiger partial charge in [0.1, 0.15) is 5.82 Å². The first-order chi connectivity index (χ1) is 17.4. The second kappa shape index (κ2) is 8.47. The first-order valence-electron chi connectivity index (χ1n) is 12.7. The topological polar surface area (TPSA) is 100 Å². The van der Waals surface area contributed by atoms with Crippen LogP contribution in [0, 0.1) is 19.8 Å². The highest BCUT2D eigenvalue weighted by Crippen LogP contribution is 2.50. The van der Waals surface area contributed by atoms with E-state index in [0.717, 1.165) is 40.4 Å². The number of carbonyl (C=O) groups is 2. The third-order valence-corrected chi connectivity index (χ3v) is 7.51. The van der Waals surface area contributed by atoms with Gasteiger partial charge in [-0.15, -0.1) is 11.3 Å². The number of nitrogens with one attached hydrogen (secondary N) is 2. The molecule has 1 amide bonds. The molecule has 3 aromatic rings. The van der Waals surface area contributed by atoms with Crippen LogP contribution in [0.25, 0.3) is 11.3 Å². The molecule has 0 bridgehead atoms. The van der Waals surface area contributed by atoms with E-state index in [4.69, 9.17) is 9.10 Å². The monoisotopic (exact) mass is 479 g/mol. The van der Waals surface area contributed by atoms with Crippen LogP contribution in [0.1, 0.15) is 69.0 Å². The van der Waals surface area contributed by atoms with Gasteiger partial charge in [-0.25, -0.2) is 15.0 Å². The summed E-state index contributed by atoms with van der Waals surface area (Å²) in [6.45, 7) is 3.65. The minimum absolute atomic E-state index is 0.0215. The molecule has 34 heavy (non-hydrogen) atoms. The number of Topliss-reactive ketones (excluding diaryl/α,β-unsaturated/α-hetero) is 1. The minimum Gasteiger partial charge on any atom is -0.363 e. The Hall–Kier alpha value is -3.33. The fourth-order valence-electron chi connectivity index (χ4n) is 4.25. The lowest BCUT2D eigenvalue weighted by Gasteiger charge is -2.35. The average Bonchev–Trinajstić information content (AvgIpc) is 3.59. The third kappa shape index (κ3) is 3.83. The van der Waals surface area contributed by atoms with Crippen molar-refractivity contribution in [2.75, 3.05) is 22.6 Å². The van der Waals surface area contributed by atoms with Gasteiger partial charge < -0.3 is 15.5 Å². The summed E-state index contributed by atoms with van der Waals surface area (Å²) in [6, 6.07) is 1.62. The van der Waals surface area contributed by atoms with E-state index in [0.29, 0.717) is 11.5 Å². The molecule has 1 saturated carbocycles. The van der Waals surface area contributed by atoms with Crippen molar-refractivity contribution in [2.24, 2.45) is 5.92 Å². The number of ketones is 1. The van der Waals surface area contributed by atoms with Gasteiger partial charge in [0.25, 0.3) is 0 Å². The van der Waals surface area contributed by atoms with Crippen LogP contribution in [0.4, 0.5) is 23.0 Å². The van der Waals surface area contributed by atoms with Gasteiger partial charge in [-0.3, -0.25) is 9.59 Å². The van der Waals surface area contributed by atoms with Crippen LogP contribution in [-0.2, 0) is 4.79 Å². The smallest absolute Gasteiger partial charge is 0.228 e. The van der Waals surface area contributed by atoms with Gasteiger partial charge in [0.15, 0.2) is 11.6 Å². The molecule has 0 spiro atoms. The summed E-state index contributed by atoms with van der Waals surface area (Å²) < 4.78 is 22.6. The summed E-state index contributed by atoms with van der Waals surface area (Å²) >= 11 is 1.67. The van der Waals surface area contributed by atoms with Crippen LogP contribution in [0.2, 0.25) is 0 Å². The quantitative estimate of drug-likeness (QED) is 0.456. The van der Waals surface area contributed by atoms with Crippen molar-refractivity contribution in [3.8, 4) is 11.3 Å². The van der Waals surface area contributed by atoms with Crippen LogP contribution in [0.5, 0.6) is 0 Å². The Labute approximate surface area is 207 Å². The number of pyridine rings is 2. The zero-order valence-corrected chi connectivity index (χ0v) is 20.3. The average molecular weight is 480 g/mol. The Morgan fingerprint density at radius 1 is 1.26 bits per heavy atom. The van der Waals surface area contributed by atoms with Gasteiger partial charge in [-0.05, 0) is 39.2 Å². The standard InChI is InChI=1S/C25H28N6O2S/c1-6-18(32)16-11-26-19(30-25(33)15-7-8-15)9-17(16)29-24-22-20(12(2)10-27-24)21-23(13(3)31(22)5)34-14(4)28-21/h9-11,13,15H,6-8H2,1-5H3,(H2,26,27,29,30,33)/t13-/m0/s1/i1D3.